The summed E-state index contributed by atoms with van der Waals surface area (Å²) in [5.41, 5.74) is 1.94. The van der Waals surface area contributed by atoms with Gasteiger partial charge in [-0.1, -0.05) is 29.8 Å². The fourth-order valence-corrected chi connectivity index (χ4v) is 3.90. The second kappa shape index (κ2) is 11.1. The minimum atomic E-state index is -0.922. The van der Waals surface area contributed by atoms with Gasteiger partial charge in [0.05, 0.1) is 12.8 Å². The zero-order valence-corrected chi connectivity index (χ0v) is 20.5. The van der Waals surface area contributed by atoms with Crippen molar-refractivity contribution in [3.8, 4) is 11.5 Å². The highest BCUT2D eigenvalue weighted by Gasteiger charge is 2.36. The van der Waals surface area contributed by atoms with E-state index < -0.39 is 23.7 Å². The average Bonchev–Trinajstić information content (AvgIpc) is 2.88. The van der Waals surface area contributed by atoms with E-state index in [0.717, 1.165) is 22.6 Å². The molecule has 1 aliphatic rings. The third-order valence-electron chi connectivity index (χ3n) is 5.53. The zero-order valence-electron chi connectivity index (χ0n) is 19.8. The van der Waals surface area contributed by atoms with Crippen molar-refractivity contribution < 1.29 is 28.2 Å². The number of hydrogen-bond acceptors (Lipinski definition) is 5. The lowest BCUT2D eigenvalue weighted by atomic mass is 10.0. The Labute approximate surface area is 217 Å². The van der Waals surface area contributed by atoms with Crippen molar-refractivity contribution in [3.63, 3.8) is 0 Å². The number of halogens is 2. The van der Waals surface area contributed by atoms with Gasteiger partial charge in [-0.05, 0) is 72.2 Å². The minimum Gasteiger partial charge on any atom is -0.493 e. The number of carbonyl (C=O) groups is 3. The molecule has 9 heteroatoms. The SMILES string of the molecule is C=CCc1cc(/C=C2\C(=O)NC(=O)N(c3ccc(F)cc3)C2=O)cc(OC)c1OCc1ccc(Cl)cc1. The van der Waals surface area contributed by atoms with Crippen LogP contribution in [0.15, 0.2) is 78.9 Å². The molecule has 0 spiro atoms. The standard InChI is InChI=1S/C28H22ClFN2O5/c1-3-4-19-13-18(15-24(36-2)25(19)37-16-17-5-7-20(29)8-6-17)14-23-26(33)31-28(35)32(27(23)34)22-11-9-21(30)10-12-22/h3,5-15H,1,4,16H2,2H3,(H,31,33,35)/b23-14+. The van der Waals surface area contributed by atoms with Gasteiger partial charge in [0.2, 0.25) is 0 Å². The molecule has 3 aromatic carbocycles. The lowest BCUT2D eigenvalue weighted by molar-refractivity contribution is -0.122. The molecule has 0 aromatic heterocycles. The summed E-state index contributed by atoms with van der Waals surface area (Å²) in [5, 5.41) is 2.77. The lowest BCUT2D eigenvalue weighted by Crippen LogP contribution is -2.54. The third kappa shape index (κ3) is 5.70. The first-order valence-electron chi connectivity index (χ1n) is 11.2. The van der Waals surface area contributed by atoms with E-state index >= 15 is 0 Å². The highest BCUT2D eigenvalue weighted by Crippen LogP contribution is 2.35. The Morgan fingerprint density at radius 2 is 1.76 bits per heavy atom. The van der Waals surface area contributed by atoms with Gasteiger partial charge in [0, 0.05) is 10.6 Å². The van der Waals surface area contributed by atoms with E-state index in [9.17, 15) is 18.8 Å². The first kappa shape index (κ1) is 25.7. The highest BCUT2D eigenvalue weighted by atomic mass is 35.5. The minimum absolute atomic E-state index is 0.123. The van der Waals surface area contributed by atoms with Crippen molar-refractivity contribution in [2.45, 2.75) is 13.0 Å². The smallest absolute Gasteiger partial charge is 0.335 e. The molecule has 0 unspecified atom stereocenters. The fraction of sp³-hybridized carbons (Fsp3) is 0.107. The predicted octanol–water partition coefficient (Wildman–Crippen LogP) is 5.46. The summed E-state index contributed by atoms with van der Waals surface area (Å²) in [7, 11) is 1.48. The lowest BCUT2D eigenvalue weighted by Gasteiger charge is -2.26. The number of imide groups is 2. The van der Waals surface area contributed by atoms with Gasteiger partial charge in [0.15, 0.2) is 11.5 Å². The summed E-state index contributed by atoms with van der Waals surface area (Å²) in [6.45, 7) is 4.05. The summed E-state index contributed by atoms with van der Waals surface area (Å²) in [4.78, 5) is 38.9. The van der Waals surface area contributed by atoms with Gasteiger partial charge < -0.3 is 9.47 Å². The number of urea groups is 1. The molecule has 0 atom stereocenters. The van der Waals surface area contributed by atoms with Crippen LogP contribution >= 0.6 is 11.6 Å². The topological polar surface area (TPSA) is 84.9 Å². The number of nitrogens with zero attached hydrogens (tertiary/aromatic N) is 1. The summed E-state index contributed by atoms with van der Waals surface area (Å²) in [5.74, 6) is -1.34. The quantitative estimate of drug-likeness (QED) is 0.242. The number of rotatable bonds is 8. The molecule has 4 amide bonds. The van der Waals surface area contributed by atoms with E-state index in [2.05, 4.69) is 11.9 Å². The van der Waals surface area contributed by atoms with Crippen molar-refractivity contribution in [2.75, 3.05) is 12.0 Å². The normalized spacial score (nSPS) is 14.5. The van der Waals surface area contributed by atoms with E-state index in [-0.39, 0.29) is 17.9 Å². The monoisotopic (exact) mass is 520 g/mol. The first-order valence-corrected chi connectivity index (χ1v) is 11.5. The number of carbonyl (C=O) groups excluding carboxylic acids is 3. The second-order valence-corrected chi connectivity index (χ2v) is 8.49. The molecule has 1 aliphatic heterocycles. The van der Waals surface area contributed by atoms with E-state index in [1.165, 1.54) is 25.3 Å². The van der Waals surface area contributed by atoms with Crippen LogP contribution in [-0.2, 0) is 22.6 Å². The number of benzene rings is 3. The van der Waals surface area contributed by atoms with E-state index in [4.69, 9.17) is 21.1 Å². The van der Waals surface area contributed by atoms with Crippen LogP contribution in [0.4, 0.5) is 14.9 Å². The molecule has 1 fully saturated rings. The van der Waals surface area contributed by atoms with E-state index in [0.29, 0.717) is 34.1 Å². The molecular formula is C28H22ClFN2O5. The molecule has 0 bridgehead atoms. The van der Waals surface area contributed by atoms with Crippen LogP contribution in [0.5, 0.6) is 11.5 Å². The second-order valence-electron chi connectivity index (χ2n) is 8.05. The molecule has 188 valence electrons. The Balaban J connectivity index is 1.69. The van der Waals surface area contributed by atoms with Gasteiger partial charge in [0.25, 0.3) is 11.8 Å². The molecule has 0 radical (unpaired) electrons. The Morgan fingerprint density at radius 1 is 1.05 bits per heavy atom. The number of anilines is 1. The Bertz CT molecular complexity index is 1400. The number of barbiturate groups is 1. The number of nitrogens with one attached hydrogen (secondary N) is 1. The Morgan fingerprint density at radius 3 is 2.41 bits per heavy atom. The molecule has 1 heterocycles. The van der Waals surface area contributed by atoms with Crippen LogP contribution in [0.3, 0.4) is 0 Å². The summed E-state index contributed by atoms with van der Waals surface area (Å²) in [6.07, 6.45) is 3.47. The van der Waals surface area contributed by atoms with Crippen LogP contribution in [-0.4, -0.2) is 25.0 Å². The van der Waals surface area contributed by atoms with Crippen LogP contribution in [0, 0.1) is 5.82 Å². The summed E-state index contributed by atoms with van der Waals surface area (Å²) < 4.78 is 24.9. The number of amides is 4. The molecule has 4 rings (SSSR count). The molecule has 3 aromatic rings. The molecule has 1 N–H and O–H groups in total. The van der Waals surface area contributed by atoms with Crippen molar-refractivity contribution in [1.29, 1.82) is 0 Å². The van der Waals surface area contributed by atoms with Gasteiger partial charge in [-0.15, -0.1) is 6.58 Å². The fourth-order valence-electron chi connectivity index (χ4n) is 3.77. The van der Waals surface area contributed by atoms with Gasteiger partial charge in [0.1, 0.15) is 18.0 Å². The molecular weight excluding hydrogens is 499 g/mol. The third-order valence-corrected chi connectivity index (χ3v) is 5.78. The number of methoxy groups -OCH3 is 1. The average molecular weight is 521 g/mol. The summed E-state index contributed by atoms with van der Waals surface area (Å²) >= 11 is 5.95. The number of ether oxygens (including phenoxy) is 2. The molecule has 0 aliphatic carbocycles. The largest absolute Gasteiger partial charge is 0.493 e. The van der Waals surface area contributed by atoms with Crippen molar-refractivity contribution >= 4 is 41.2 Å². The maximum atomic E-state index is 13.3. The highest BCUT2D eigenvalue weighted by molar-refractivity contribution is 6.39. The van der Waals surface area contributed by atoms with Crippen LogP contribution in [0.2, 0.25) is 5.02 Å². The van der Waals surface area contributed by atoms with Gasteiger partial charge >= 0.3 is 6.03 Å². The van der Waals surface area contributed by atoms with Crippen molar-refractivity contribution in [2.24, 2.45) is 0 Å². The number of allylic oxidation sites excluding steroid dienone is 1. The molecule has 0 saturated carbocycles. The van der Waals surface area contributed by atoms with E-state index in [1.54, 1.807) is 30.3 Å². The van der Waals surface area contributed by atoms with Gasteiger partial charge in [-0.25, -0.2) is 14.1 Å². The summed E-state index contributed by atoms with van der Waals surface area (Å²) in [6, 6.07) is 14.5. The van der Waals surface area contributed by atoms with Crippen LogP contribution in [0.25, 0.3) is 6.08 Å². The first-order chi connectivity index (χ1) is 17.8. The maximum absolute atomic E-state index is 13.3. The van der Waals surface area contributed by atoms with Crippen molar-refractivity contribution in [1.82, 2.24) is 5.32 Å². The van der Waals surface area contributed by atoms with Crippen LogP contribution in [0.1, 0.15) is 16.7 Å². The van der Waals surface area contributed by atoms with E-state index in [1.807, 2.05) is 12.1 Å². The Hall–Kier alpha value is -4.43. The molecule has 1 saturated heterocycles. The Kier molecular flexibility index (Phi) is 7.69. The molecule has 37 heavy (non-hydrogen) atoms. The zero-order chi connectivity index (χ0) is 26.5. The molecule has 7 nitrogen and oxygen atoms in total. The maximum Gasteiger partial charge on any atom is 0.335 e. The van der Waals surface area contributed by atoms with Gasteiger partial charge in [-0.3, -0.25) is 14.9 Å². The van der Waals surface area contributed by atoms with Gasteiger partial charge in [-0.2, -0.15) is 0 Å². The predicted molar refractivity (Wildman–Crippen MR) is 138 cm³/mol. The van der Waals surface area contributed by atoms with Crippen molar-refractivity contribution in [3.05, 3.63) is 106 Å². The number of hydrogen-bond donors (Lipinski definition) is 1. The van der Waals surface area contributed by atoms with Crippen LogP contribution < -0.4 is 19.7 Å².